The molecule has 1 atom stereocenters. The largest absolute Gasteiger partial charge is 0.481 e. The molecule has 0 rings (SSSR count). The average Bonchev–Trinajstić information content (AvgIpc) is 2.62. The summed E-state index contributed by atoms with van der Waals surface area (Å²) in [6.07, 6.45) is 11.1. The van der Waals surface area contributed by atoms with Gasteiger partial charge in [0.2, 0.25) is 0 Å². The van der Waals surface area contributed by atoms with Gasteiger partial charge in [0.25, 0.3) is 0 Å². The molecule has 0 heterocycles. The Balaban J connectivity index is 3.77. The van der Waals surface area contributed by atoms with Crippen molar-refractivity contribution in [2.45, 2.75) is 98.3 Å². The summed E-state index contributed by atoms with van der Waals surface area (Å²) in [4.78, 5) is 11.2. The molecule has 0 fully saturated rings. The van der Waals surface area contributed by atoms with Crippen LogP contribution in [-0.4, -0.2) is 36.0 Å². The number of carboxylic acid groups (broad SMARTS) is 1. The molecule has 0 radical (unpaired) electrons. The molecular weight excluding hydrogens is 316 g/mol. The fourth-order valence-electron chi connectivity index (χ4n) is 3.50. The Morgan fingerprint density at radius 1 is 0.840 bits per heavy atom. The number of aliphatic carboxylic acids is 1. The van der Waals surface area contributed by atoms with Crippen molar-refractivity contribution in [2.75, 3.05) is 19.8 Å². The van der Waals surface area contributed by atoms with Crippen molar-refractivity contribution in [3.63, 3.8) is 0 Å². The molecule has 0 aromatic rings. The first-order valence-electron chi connectivity index (χ1n) is 10.3. The molecule has 25 heavy (non-hydrogen) atoms. The lowest BCUT2D eigenvalue weighted by atomic mass is 9.74. The monoisotopic (exact) mass is 358 g/mol. The zero-order chi connectivity index (χ0) is 19.2. The fourth-order valence-corrected chi connectivity index (χ4v) is 3.50. The van der Waals surface area contributed by atoms with Gasteiger partial charge in [0.15, 0.2) is 0 Å². The van der Waals surface area contributed by atoms with E-state index >= 15 is 0 Å². The van der Waals surface area contributed by atoms with E-state index in [9.17, 15) is 9.90 Å². The molecule has 0 spiro atoms. The molecule has 0 amide bonds. The molecule has 0 aromatic carbocycles. The first-order valence-corrected chi connectivity index (χ1v) is 10.3. The van der Waals surface area contributed by atoms with Crippen LogP contribution in [0.15, 0.2) is 0 Å². The third-order valence-electron chi connectivity index (χ3n) is 6.17. The van der Waals surface area contributed by atoms with E-state index in [1.54, 1.807) is 0 Å². The highest BCUT2D eigenvalue weighted by Crippen LogP contribution is 2.37. The zero-order valence-electron chi connectivity index (χ0n) is 17.1. The van der Waals surface area contributed by atoms with Crippen LogP contribution in [0.3, 0.4) is 0 Å². The molecule has 150 valence electrons. The summed E-state index contributed by atoms with van der Waals surface area (Å²) in [5, 5.41) is 18.3. The van der Waals surface area contributed by atoms with Crippen LogP contribution in [0.5, 0.6) is 0 Å². The first kappa shape index (κ1) is 24.4. The summed E-state index contributed by atoms with van der Waals surface area (Å²) >= 11 is 0. The molecule has 4 heteroatoms. The van der Waals surface area contributed by atoms with Crippen LogP contribution in [0.4, 0.5) is 0 Å². The van der Waals surface area contributed by atoms with E-state index in [4.69, 9.17) is 9.84 Å². The Morgan fingerprint density at radius 3 is 1.80 bits per heavy atom. The van der Waals surface area contributed by atoms with Gasteiger partial charge in [0.05, 0.1) is 5.41 Å². The number of unbranched alkanes of at least 4 members (excludes halogenated alkanes) is 2. The summed E-state index contributed by atoms with van der Waals surface area (Å²) in [7, 11) is 0. The second-order valence-electron chi connectivity index (χ2n) is 7.78. The second-order valence-corrected chi connectivity index (χ2v) is 7.78. The lowest BCUT2D eigenvalue weighted by molar-refractivity contribution is -0.148. The van der Waals surface area contributed by atoms with E-state index in [1.807, 2.05) is 13.8 Å². The van der Waals surface area contributed by atoms with E-state index < -0.39 is 11.4 Å². The quantitative estimate of drug-likeness (QED) is 0.341. The molecule has 1 unspecified atom stereocenters. The summed E-state index contributed by atoms with van der Waals surface area (Å²) in [5.74, 6) is -0.688. The SMILES string of the molecule is CCC(CC)(CCCO)CCCCOCCCCC(C)(CC)C(=O)O. The van der Waals surface area contributed by atoms with Gasteiger partial charge in [-0.2, -0.15) is 0 Å². The molecule has 2 N–H and O–H groups in total. The molecule has 0 saturated heterocycles. The third kappa shape index (κ3) is 9.60. The highest BCUT2D eigenvalue weighted by atomic mass is 16.5. The lowest BCUT2D eigenvalue weighted by Crippen LogP contribution is -2.26. The summed E-state index contributed by atoms with van der Waals surface area (Å²) in [6.45, 7) is 10.1. The highest BCUT2D eigenvalue weighted by molar-refractivity contribution is 5.73. The van der Waals surface area contributed by atoms with E-state index in [1.165, 1.54) is 25.7 Å². The first-order chi connectivity index (χ1) is 11.9. The number of hydrogen-bond donors (Lipinski definition) is 2. The molecule has 0 saturated carbocycles. The number of hydrogen-bond acceptors (Lipinski definition) is 3. The fraction of sp³-hybridized carbons (Fsp3) is 0.952. The van der Waals surface area contributed by atoms with Gasteiger partial charge in [-0.1, -0.05) is 46.5 Å². The molecule has 0 aliphatic heterocycles. The number of ether oxygens (including phenoxy) is 1. The van der Waals surface area contributed by atoms with E-state index in [0.717, 1.165) is 51.7 Å². The maximum Gasteiger partial charge on any atom is 0.309 e. The van der Waals surface area contributed by atoms with Gasteiger partial charge >= 0.3 is 5.97 Å². The van der Waals surface area contributed by atoms with Crippen molar-refractivity contribution in [1.29, 1.82) is 0 Å². The predicted molar refractivity (Wildman–Crippen MR) is 104 cm³/mol. The van der Waals surface area contributed by atoms with Crippen molar-refractivity contribution >= 4 is 5.97 Å². The summed E-state index contributed by atoms with van der Waals surface area (Å²) in [5.41, 5.74) is -0.192. The molecule has 0 aliphatic carbocycles. The van der Waals surface area contributed by atoms with Gasteiger partial charge < -0.3 is 14.9 Å². The van der Waals surface area contributed by atoms with E-state index in [-0.39, 0.29) is 0 Å². The van der Waals surface area contributed by atoms with Crippen LogP contribution in [0.1, 0.15) is 98.3 Å². The van der Waals surface area contributed by atoms with Crippen LogP contribution >= 0.6 is 0 Å². The van der Waals surface area contributed by atoms with Gasteiger partial charge in [-0.15, -0.1) is 0 Å². The standard InChI is InChI=1S/C21H42O4/c1-5-20(4,19(23)24)13-8-10-17-25-18-11-9-14-21(6-2,7-3)15-12-16-22/h22H,5-18H2,1-4H3,(H,23,24). The number of aliphatic hydroxyl groups excluding tert-OH is 1. The van der Waals surface area contributed by atoms with Gasteiger partial charge in [-0.05, 0) is 57.3 Å². The maximum absolute atomic E-state index is 11.2. The topological polar surface area (TPSA) is 66.8 Å². The molecule has 4 nitrogen and oxygen atoms in total. The highest BCUT2D eigenvalue weighted by Gasteiger charge is 2.30. The summed E-state index contributed by atoms with van der Waals surface area (Å²) in [6, 6.07) is 0. The Hall–Kier alpha value is -0.610. The van der Waals surface area contributed by atoms with Gasteiger partial charge in [-0.3, -0.25) is 4.79 Å². The Bertz CT molecular complexity index is 339. The Morgan fingerprint density at radius 2 is 1.36 bits per heavy atom. The van der Waals surface area contributed by atoms with Crippen molar-refractivity contribution in [3.8, 4) is 0 Å². The minimum Gasteiger partial charge on any atom is -0.481 e. The van der Waals surface area contributed by atoms with Gasteiger partial charge in [-0.25, -0.2) is 0 Å². The minimum absolute atomic E-state index is 0.295. The Kier molecular flexibility index (Phi) is 13.2. The molecule has 0 aromatic heterocycles. The lowest BCUT2D eigenvalue weighted by Gasteiger charge is -2.32. The molecule has 0 aliphatic rings. The van der Waals surface area contributed by atoms with Crippen LogP contribution in [-0.2, 0) is 9.53 Å². The molecule has 0 bridgehead atoms. The number of rotatable bonds is 17. The predicted octanol–water partition coefficient (Wildman–Crippen LogP) is 5.42. The van der Waals surface area contributed by atoms with Gasteiger partial charge in [0, 0.05) is 19.8 Å². The van der Waals surface area contributed by atoms with Crippen LogP contribution in [0.2, 0.25) is 0 Å². The van der Waals surface area contributed by atoms with Crippen LogP contribution in [0.25, 0.3) is 0 Å². The van der Waals surface area contributed by atoms with Crippen molar-refractivity contribution in [3.05, 3.63) is 0 Å². The van der Waals surface area contributed by atoms with Gasteiger partial charge in [0.1, 0.15) is 0 Å². The maximum atomic E-state index is 11.2. The summed E-state index contributed by atoms with van der Waals surface area (Å²) < 4.78 is 5.72. The second kappa shape index (κ2) is 13.6. The average molecular weight is 359 g/mol. The van der Waals surface area contributed by atoms with E-state index in [2.05, 4.69) is 13.8 Å². The number of carboxylic acids is 1. The van der Waals surface area contributed by atoms with Crippen LogP contribution in [0, 0.1) is 10.8 Å². The minimum atomic E-state index is -0.688. The third-order valence-corrected chi connectivity index (χ3v) is 6.17. The Labute approximate surface area is 155 Å². The smallest absolute Gasteiger partial charge is 0.309 e. The van der Waals surface area contributed by atoms with Crippen molar-refractivity contribution in [2.24, 2.45) is 10.8 Å². The van der Waals surface area contributed by atoms with Crippen molar-refractivity contribution in [1.82, 2.24) is 0 Å². The number of carbonyl (C=O) groups is 1. The zero-order valence-corrected chi connectivity index (χ0v) is 17.1. The molecular formula is C21H42O4. The normalized spacial score (nSPS) is 14.4. The van der Waals surface area contributed by atoms with E-state index in [0.29, 0.717) is 18.4 Å². The van der Waals surface area contributed by atoms with Crippen LogP contribution < -0.4 is 0 Å². The number of aliphatic hydroxyl groups is 1. The van der Waals surface area contributed by atoms with Crippen molar-refractivity contribution < 1.29 is 19.7 Å².